The lowest BCUT2D eigenvalue weighted by Crippen LogP contribution is -2.45. The minimum atomic E-state index is -0.106. The average Bonchev–Trinajstić information content (AvgIpc) is 3.32. The van der Waals surface area contributed by atoms with Gasteiger partial charge >= 0.3 is 0 Å². The van der Waals surface area contributed by atoms with Crippen molar-refractivity contribution in [2.45, 2.75) is 70.1 Å². The van der Waals surface area contributed by atoms with Gasteiger partial charge < -0.3 is 19.3 Å². The van der Waals surface area contributed by atoms with Crippen LogP contribution in [0, 0.1) is 0 Å². The number of piperidine rings is 1. The molecule has 35 heavy (non-hydrogen) atoms. The third-order valence-electron chi connectivity index (χ3n) is 8.09. The number of rotatable bonds is 5. The SMILES string of the molecule is CCC1(OC)CCN(c2cnc3c(N4CCCc5ncccc54)nn(C4CCCCO4)c3n2)CC1. The number of aromatic nitrogens is 5. The highest BCUT2D eigenvalue weighted by Crippen LogP contribution is 2.38. The van der Waals surface area contributed by atoms with Crippen molar-refractivity contribution in [2.24, 2.45) is 0 Å². The largest absolute Gasteiger partial charge is 0.378 e. The molecule has 3 aliphatic rings. The van der Waals surface area contributed by atoms with Gasteiger partial charge in [-0.3, -0.25) is 4.98 Å². The van der Waals surface area contributed by atoms with Crippen LogP contribution in [0.2, 0.25) is 0 Å². The van der Waals surface area contributed by atoms with Crippen LogP contribution in [0.3, 0.4) is 0 Å². The minimum absolute atomic E-state index is 0.0192. The van der Waals surface area contributed by atoms with Gasteiger partial charge in [0.25, 0.3) is 0 Å². The molecule has 0 amide bonds. The summed E-state index contributed by atoms with van der Waals surface area (Å²) in [6.07, 6.45) is 11.9. The van der Waals surface area contributed by atoms with Crippen LogP contribution in [0.1, 0.15) is 63.8 Å². The van der Waals surface area contributed by atoms with Crippen LogP contribution in [-0.2, 0) is 15.9 Å². The van der Waals surface area contributed by atoms with Crippen LogP contribution < -0.4 is 9.80 Å². The van der Waals surface area contributed by atoms with Gasteiger partial charge in [0.05, 0.1) is 23.2 Å². The molecular formula is C26H35N7O2. The summed E-state index contributed by atoms with van der Waals surface area (Å²) in [5, 5.41) is 5.10. The molecule has 0 aliphatic carbocycles. The first kappa shape index (κ1) is 22.7. The molecule has 2 fully saturated rings. The number of ether oxygens (including phenoxy) is 2. The van der Waals surface area contributed by atoms with Gasteiger partial charge in [-0.05, 0) is 63.5 Å². The Hall–Kier alpha value is -2.78. The van der Waals surface area contributed by atoms with Crippen molar-refractivity contribution < 1.29 is 9.47 Å². The quantitative estimate of drug-likeness (QED) is 0.535. The van der Waals surface area contributed by atoms with Crippen LogP contribution in [0.15, 0.2) is 24.5 Å². The van der Waals surface area contributed by atoms with Gasteiger partial charge in [0.15, 0.2) is 23.2 Å². The highest BCUT2D eigenvalue weighted by atomic mass is 16.5. The van der Waals surface area contributed by atoms with E-state index in [9.17, 15) is 0 Å². The molecule has 0 N–H and O–H groups in total. The molecule has 6 heterocycles. The standard InChI is InChI=1S/C26H35N7O2/c1-3-26(34-2)11-15-31(16-12-26)21-18-28-23-24(29-21)33(22-10-4-5-17-35-22)30-25(23)32-14-7-8-19-20(32)9-6-13-27-19/h6,9,13,18,22H,3-5,7-8,10-12,14-17H2,1-2H3. The minimum Gasteiger partial charge on any atom is -0.378 e. The fourth-order valence-electron chi connectivity index (χ4n) is 5.79. The average molecular weight is 478 g/mol. The number of anilines is 3. The summed E-state index contributed by atoms with van der Waals surface area (Å²) >= 11 is 0. The van der Waals surface area contributed by atoms with Gasteiger partial charge in [0.2, 0.25) is 0 Å². The Morgan fingerprint density at radius 2 is 2.03 bits per heavy atom. The van der Waals surface area contributed by atoms with Gasteiger partial charge in [-0.15, -0.1) is 5.10 Å². The van der Waals surface area contributed by atoms with Gasteiger partial charge in [0.1, 0.15) is 5.82 Å². The molecule has 2 saturated heterocycles. The van der Waals surface area contributed by atoms with Gasteiger partial charge in [-0.25, -0.2) is 14.6 Å². The second kappa shape index (κ2) is 9.35. The lowest BCUT2D eigenvalue weighted by atomic mass is 9.88. The van der Waals surface area contributed by atoms with E-state index in [2.05, 4.69) is 27.8 Å². The Balaban J connectivity index is 1.39. The number of pyridine rings is 1. The normalized spacial score (nSPS) is 22.4. The van der Waals surface area contributed by atoms with Crippen molar-refractivity contribution in [1.82, 2.24) is 24.7 Å². The highest BCUT2D eigenvalue weighted by molar-refractivity contribution is 5.88. The molecule has 3 aromatic heterocycles. The molecule has 3 aromatic rings. The first-order valence-electron chi connectivity index (χ1n) is 13.1. The molecule has 0 radical (unpaired) electrons. The fourth-order valence-corrected chi connectivity index (χ4v) is 5.79. The number of fused-ring (bicyclic) bond motifs is 2. The molecule has 1 unspecified atom stereocenters. The maximum Gasteiger partial charge on any atom is 0.183 e. The maximum absolute atomic E-state index is 6.16. The Morgan fingerprint density at radius 1 is 1.14 bits per heavy atom. The van der Waals surface area contributed by atoms with Gasteiger partial charge in [0, 0.05) is 39.5 Å². The van der Waals surface area contributed by atoms with Crippen molar-refractivity contribution >= 4 is 28.5 Å². The van der Waals surface area contributed by atoms with Crippen molar-refractivity contribution in [2.75, 3.05) is 43.2 Å². The Bertz CT molecular complexity index is 1180. The van der Waals surface area contributed by atoms with Crippen molar-refractivity contribution in [3.63, 3.8) is 0 Å². The van der Waals surface area contributed by atoms with Crippen molar-refractivity contribution in [1.29, 1.82) is 0 Å². The van der Waals surface area contributed by atoms with Crippen LogP contribution >= 0.6 is 0 Å². The number of methoxy groups -OCH3 is 1. The molecule has 9 nitrogen and oxygen atoms in total. The van der Waals surface area contributed by atoms with Crippen molar-refractivity contribution in [3.8, 4) is 0 Å². The molecule has 0 aromatic carbocycles. The zero-order chi connectivity index (χ0) is 23.8. The smallest absolute Gasteiger partial charge is 0.183 e. The number of hydrogen-bond donors (Lipinski definition) is 0. The third kappa shape index (κ3) is 4.04. The van der Waals surface area contributed by atoms with E-state index in [-0.39, 0.29) is 11.8 Å². The predicted molar refractivity (Wildman–Crippen MR) is 135 cm³/mol. The van der Waals surface area contributed by atoms with E-state index in [1.54, 1.807) is 0 Å². The summed E-state index contributed by atoms with van der Waals surface area (Å²) in [6, 6.07) is 4.13. The van der Waals surface area contributed by atoms with E-state index in [4.69, 9.17) is 24.5 Å². The lowest BCUT2D eigenvalue weighted by molar-refractivity contribution is -0.0369. The van der Waals surface area contributed by atoms with E-state index in [0.717, 1.165) is 112 Å². The molecule has 0 spiro atoms. The Morgan fingerprint density at radius 3 is 2.80 bits per heavy atom. The van der Waals surface area contributed by atoms with E-state index < -0.39 is 0 Å². The zero-order valence-electron chi connectivity index (χ0n) is 20.8. The van der Waals surface area contributed by atoms with Crippen LogP contribution in [0.25, 0.3) is 11.2 Å². The molecule has 0 bridgehead atoms. The first-order chi connectivity index (χ1) is 17.2. The molecule has 9 heteroatoms. The molecular weight excluding hydrogens is 442 g/mol. The van der Waals surface area contributed by atoms with Gasteiger partial charge in [-0.1, -0.05) is 6.92 Å². The third-order valence-corrected chi connectivity index (χ3v) is 8.09. The second-order valence-electron chi connectivity index (χ2n) is 9.94. The van der Waals surface area contributed by atoms with Gasteiger partial charge in [-0.2, -0.15) is 0 Å². The maximum atomic E-state index is 6.16. The highest BCUT2D eigenvalue weighted by Gasteiger charge is 2.34. The van der Waals surface area contributed by atoms with E-state index >= 15 is 0 Å². The van der Waals surface area contributed by atoms with E-state index in [0.29, 0.717) is 0 Å². The second-order valence-corrected chi connectivity index (χ2v) is 9.94. The topological polar surface area (TPSA) is 81.4 Å². The monoisotopic (exact) mass is 477 g/mol. The number of nitrogens with zero attached hydrogens (tertiary/aromatic N) is 7. The number of hydrogen-bond acceptors (Lipinski definition) is 8. The zero-order valence-corrected chi connectivity index (χ0v) is 20.8. The van der Waals surface area contributed by atoms with E-state index in [1.165, 1.54) is 0 Å². The molecule has 186 valence electrons. The summed E-state index contributed by atoms with van der Waals surface area (Å²) in [5.74, 6) is 1.76. The summed E-state index contributed by atoms with van der Waals surface area (Å²) in [5.41, 5.74) is 3.85. The molecule has 1 atom stereocenters. The summed E-state index contributed by atoms with van der Waals surface area (Å²) < 4.78 is 14.0. The summed E-state index contributed by atoms with van der Waals surface area (Å²) in [6.45, 7) is 5.68. The predicted octanol–water partition coefficient (Wildman–Crippen LogP) is 4.40. The van der Waals surface area contributed by atoms with E-state index in [1.807, 2.05) is 30.3 Å². The first-order valence-corrected chi connectivity index (χ1v) is 13.1. The Labute approximate surface area is 206 Å². The lowest BCUT2D eigenvalue weighted by Gasteiger charge is -2.40. The summed E-state index contributed by atoms with van der Waals surface area (Å²) in [4.78, 5) is 19.3. The van der Waals surface area contributed by atoms with Crippen molar-refractivity contribution in [3.05, 3.63) is 30.2 Å². The van der Waals surface area contributed by atoms with Crippen LogP contribution in [-0.4, -0.2) is 63.7 Å². The van der Waals surface area contributed by atoms with Crippen LogP contribution in [0.4, 0.5) is 17.3 Å². The summed E-state index contributed by atoms with van der Waals surface area (Å²) in [7, 11) is 1.84. The number of aryl methyl sites for hydroxylation is 1. The molecule has 3 aliphatic heterocycles. The van der Waals surface area contributed by atoms with Crippen LogP contribution in [0.5, 0.6) is 0 Å². The fraction of sp³-hybridized carbons (Fsp3) is 0.615. The molecule has 0 saturated carbocycles. The molecule has 6 rings (SSSR count). The Kier molecular flexibility index (Phi) is 6.06.